The zero-order valence-corrected chi connectivity index (χ0v) is 16.4. The van der Waals surface area contributed by atoms with Crippen molar-refractivity contribution in [1.82, 2.24) is 20.1 Å². The molecule has 3 heterocycles. The molecule has 0 unspecified atom stereocenters. The molecule has 1 aliphatic heterocycles. The number of hydrogen-bond donors (Lipinski definition) is 0. The van der Waals surface area contributed by atoms with Crippen molar-refractivity contribution in [3.63, 3.8) is 0 Å². The fourth-order valence-corrected chi connectivity index (χ4v) is 3.74. The van der Waals surface area contributed by atoms with Gasteiger partial charge in [0, 0.05) is 49.0 Å². The van der Waals surface area contributed by atoms with Gasteiger partial charge in [-0.3, -0.25) is 9.78 Å². The summed E-state index contributed by atoms with van der Waals surface area (Å²) in [4.78, 5) is 21.2. The van der Waals surface area contributed by atoms with Gasteiger partial charge in [-0.1, -0.05) is 24.3 Å². The molecule has 0 saturated carbocycles. The number of nitrogens with zero attached hydrogens (tertiary/aromatic N) is 5. The molecule has 0 radical (unpaired) electrons. The SMILES string of the molecule is O=C(Cc1nnc(-c2ccc3ncccc3c2)o1)N1CCN(c2ccccc2)CC1. The molecule has 1 saturated heterocycles. The number of fused-ring (bicyclic) bond motifs is 1. The Bertz CT molecular complexity index is 1170. The number of aromatic nitrogens is 3. The van der Waals surface area contributed by atoms with Crippen LogP contribution in [0, 0.1) is 0 Å². The second-order valence-corrected chi connectivity index (χ2v) is 7.29. The van der Waals surface area contributed by atoms with Crippen molar-refractivity contribution >= 4 is 22.5 Å². The smallest absolute Gasteiger partial charge is 0.247 e. The first kappa shape index (κ1) is 18.3. The molecular formula is C23H21N5O2. The minimum atomic E-state index is 0.0145. The number of rotatable bonds is 4. The van der Waals surface area contributed by atoms with E-state index in [1.165, 1.54) is 5.69 Å². The third-order valence-electron chi connectivity index (χ3n) is 5.37. The highest BCUT2D eigenvalue weighted by molar-refractivity contribution is 5.83. The van der Waals surface area contributed by atoms with Gasteiger partial charge in [0.2, 0.25) is 17.7 Å². The van der Waals surface area contributed by atoms with Gasteiger partial charge >= 0.3 is 0 Å². The number of hydrogen-bond acceptors (Lipinski definition) is 6. The van der Waals surface area contributed by atoms with E-state index in [4.69, 9.17) is 4.42 Å². The second kappa shape index (κ2) is 7.94. The van der Waals surface area contributed by atoms with E-state index in [0.29, 0.717) is 24.9 Å². The van der Waals surface area contributed by atoms with Crippen LogP contribution in [0.4, 0.5) is 5.69 Å². The fourth-order valence-electron chi connectivity index (χ4n) is 3.74. The van der Waals surface area contributed by atoms with Gasteiger partial charge in [0.15, 0.2) is 0 Å². The molecule has 0 N–H and O–H groups in total. The first-order valence-electron chi connectivity index (χ1n) is 10.0. The van der Waals surface area contributed by atoms with Crippen LogP contribution in [0.5, 0.6) is 0 Å². The van der Waals surface area contributed by atoms with E-state index in [2.05, 4.69) is 32.2 Å². The molecule has 0 spiro atoms. The van der Waals surface area contributed by atoms with Crippen molar-refractivity contribution in [3.05, 3.63) is 72.8 Å². The predicted octanol–water partition coefficient (Wildman–Crippen LogP) is 3.18. The Balaban J connectivity index is 1.22. The van der Waals surface area contributed by atoms with Gasteiger partial charge < -0.3 is 14.2 Å². The van der Waals surface area contributed by atoms with Crippen LogP contribution in [0.15, 0.2) is 71.3 Å². The maximum absolute atomic E-state index is 12.7. The van der Waals surface area contributed by atoms with E-state index < -0.39 is 0 Å². The average molecular weight is 399 g/mol. The summed E-state index contributed by atoms with van der Waals surface area (Å²) in [6.07, 6.45) is 1.88. The van der Waals surface area contributed by atoms with E-state index in [0.717, 1.165) is 29.6 Å². The Hall–Kier alpha value is -3.74. The maximum atomic E-state index is 12.7. The van der Waals surface area contributed by atoms with Gasteiger partial charge in [-0.15, -0.1) is 10.2 Å². The van der Waals surface area contributed by atoms with Crippen molar-refractivity contribution in [1.29, 1.82) is 0 Å². The van der Waals surface area contributed by atoms with Crippen molar-refractivity contribution in [2.75, 3.05) is 31.1 Å². The van der Waals surface area contributed by atoms with Gasteiger partial charge in [-0.05, 0) is 36.4 Å². The van der Waals surface area contributed by atoms with E-state index >= 15 is 0 Å². The van der Waals surface area contributed by atoms with Crippen LogP contribution in [0.1, 0.15) is 5.89 Å². The van der Waals surface area contributed by atoms with Crippen molar-refractivity contribution < 1.29 is 9.21 Å². The molecule has 1 fully saturated rings. The largest absolute Gasteiger partial charge is 0.420 e. The number of carbonyl (C=O) groups excluding carboxylic acids is 1. The monoisotopic (exact) mass is 399 g/mol. The van der Waals surface area contributed by atoms with Crippen molar-refractivity contribution in [2.45, 2.75) is 6.42 Å². The van der Waals surface area contributed by atoms with E-state index in [-0.39, 0.29) is 12.3 Å². The summed E-state index contributed by atoms with van der Waals surface area (Å²) in [5.74, 6) is 0.768. The molecule has 5 rings (SSSR count). The van der Waals surface area contributed by atoms with Gasteiger partial charge in [0.25, 0.3) is 0 Å². The molecule has 0 atom stereocenters. The third kappa shape index (κ3) is 3.74. The second-order valence-electron chi connectivity index (χ2n) is 7.29. The lowest BCUT2D eigenvalue weighted by Crippen LogP contribution is -2.49. The summed E-state index contributed by atoms with van der Waals surface area (Å²) in [7, 11) is 0. The Morgan fingerprint density at radius 3 is 2.60 bits per heavy atom. The van der Waals surface area contributed by atoms with Gasteiger partial charge in [-0.2, -0.15) is 0 Å². The van der Waals surface area contributed by atoms with Crippen molar-refractivity contribution in [2.24, 2.45) is 0 Å². The normalized spacial score (nSPS) is 14.3. The zero-order valence-electron chi connectivity index (χ0n) is 16.4. The van der Waals surface area contributed by atoms with E-state index in [9.17, 15) is 4.79 Å². The Morgan fingerprint density at radius 2 is 1.77 bits per heavy atom. The number of para-hydroxylation sites is 1. The maximum Gasteiger partial charge on any atom is 0.247 e. The van der Waals surface area contributed by atoms with Crippen LogP contribution in [0.25, 0.3) is 22.4 Å². The number of pyridine rings is 1. The summed E-state index contributed by atoms with van der Waals surface area (Å²) in [5.41, 5.74) is 2.92. The van der Waals surface area contributed by atoms with Gasteiger partial charge in [0.05, 0.1) is 5.52 Å². The third-order valence-corrected chi connectivity index (χ3v) is 5.37. The topological polar surface area (TPSA) is 75.4 Å². The summed E-state index contributed by atoms with van der Waals surface area (Å²) in [6, 6.07) is 19.9. The molecule has 1 aliphatic rings. The molecule has 0 aliphatic carbocycles. The van der Waals surface area contributed by atoms with Crippen molar-refractivity contribution in [3.8, 4) is 11.5 Å². The molecule has 7 nitrogen and oxygen atoms in total. The lowest BCUT2D eigenvalue weighted by atomic mass is 10.1. The Labute approximate surface area is 174 Å². The minimum Gasteiger partial charge on any atom is -0.420 e. The number of anilines is 1. The fraction of sp³-hybridized carbons (Fsp3) is 0.217. The number of amides is 1. The van der Waals surface area contributed by atoms with Crippen LogP contribution in [-0.2, 0) is 11.2 Å². The van der Waals surface area contributed by atoms with E-state index in [1.54, 1.807) is 6.20 Å². The number of carbonyl (C=O) groups is 1. The predicted molar refractivity (Wildman–Crippen MR) is 114 cm³/mol. The molecule has 2 aromatic carbocycles. The van der Waals surface area contributed by atoms with Crippen LogP contribution >= 0.6 is 0 Å². The minimum absolute atomic E-state index is 0.0145. The summed E-state index contributed by atoms with van der Waals surface area (Å²) in [5, 5.41) is 9.21. The van der Waals surface area contributed by atoms with Crippen LogP contribution in [0.3, 0.4) is 0 Å². The lowest BCUT2D eigenvalue weighted by molar-refractivity contribution is -0.131. The van der Waals surface area contributed by atoms with Crippen LogP contribution < -0.4 is 4.90 Å². The highest BCUT2D eigenvalue weighted by atomic mass is 16.4. The van der Waals surface area contributed by atoms with Crippen LogP contribution in [-0.4, -0.2) is 52.2 Å². The molecule has 7 heteroatoms. The molecule has 150 valence electrons. The quantitative estimate of drug-likeness (QED) is 0.525. The molecule has 2 aromatic heterocycles. The lowest BCUT2D eigenvalue weighted by Gasteiger charge is -2.36. The first-order valence-corrected chi connectivity index (χ1v) is 10.0. The molecule has 0 bridgehead atoms. The Kier molecular flexibility index (Phi) is 4.85. The summed E-state index contributed by atoms with van der Waals surface area (Å²) in [6.45, 7) is 3.00. The Morgan fingerprint density at radius 1 is 0.933 bits per heavy atom. The highest BCUT2D eigenvalue weighted by Crippen LogP contribution is 2.23. The number of piperazine rings is 1. The first-order chi connectivity index (χ1) is 14.8. The average Bonchev–Trinajstić information content (AvgIpc) is 3.28. The molecule has 1 amide bonds. The van der Waals surface area contributed by atoms with Gasteiger partial charge in [-0.25, -0.2) is 0 Å². The van der Waals surface area contributed by atoms with Gasteiger partial charge in [0.1, 0.15) is 6.42 Å². The summed E-state index contributed by atoms with van der Waals surface area (Å²) >= 11 is 0. The zero-order chi connectivity index (χ0) is 20.3. The van der Waals surface area contributed by atoms with E-state index in [1.807, 2.05) is 53.4 Å². The molecular weight excluding hydrogens is 378 g/mol. The van der Waals surface area contributed by atoms with Crippen LogP contribution in [0.2, 0.25) is 0 Å². The molecule has 30 heavy (non-hydrogen) atoms. The standard InChI is InChI=1S/C23H21N5O2/c29-22(28-13-11-27(12-14-28)19-6-2-1-3-7-19)16-21-25-26-23(30-21)18-8-9-20-17(15-18)5-4-10-24-20/h1-10,15H,11-14,16H2. The summed E-state index contributed by atoms with van der Waals surface area (Å²) < 4.78 is 5.77. The molecule has 4 aromatic rings. The number of benzene rings is 2. The highest BCUT2D eigenvalue weighted by Gasteiger charge is 2.23.